The standard InChI is InChI=1S/C14H22O2/c1-2-3-4-8-11-14(15,16)12-13-9-6-5-7-10-13/h5-7,9-10,15-16H,2-4,8,11-12H2,1H3. The van der Waals surface area contributed by atoms with E-state index >= 15 is 0 Å². The third-order valence-corrected chi connectivity index (χ3v) is 2.76. The summed E-state index contributed by atoms with van der Waals surface area (Å²) in [6, 6.07) is 9.62. The van der Waals surface area contributed by atoms with Crippen LogP contribution in [0.1, 0.15) is 44.6 Å². The van der Waals surface area contributed by atoms with Crippen molar-refractivity contribution in [1.29, 1.82) is 0 Å². The van der Waals surface area contributed by atoms with Crippen molar-refractivity contribution >= 4 is 0 Å². The molecule has 0 radical (unpaired) electrons. The topological polar surface area (TPSA) is 40.5 Å². The fourth-order valence-electron chi connectivity index (χ4n) is 1.85. The lowest BCUT2D eigenvalue weighted by Crippen LogP contribution is -2.30. The Labute approximate surface area is 97.9 Å². The van der Waals surface area contributed by atoms with E-state index in [9.17, 15) is 10.2 Å². The lowest BCUT2D eigenvalue weighted by Gasteiger charge is -2.21. The van der Waals surface area contributed by atoms with Crippen molar-refractivity contribution in [2.45, 2.75) is 51.2 Å². The molecule has 1 rings (SSSR count). The molecule has 0 unspecified atom stereocenters. The summed E-state index contributed by atoms with van der Waals surface area (Å²) in [4.78, 5) is 0. The summed E-state index contributed by atoms with van der Waals surface area (Å²) in [5, 5.41) is 19.6. The van der Waals surface area contributed by atoms with Crippen LogP contribution >= 0.6 is 0 Å². The number of rotatable bonds is 7. The Morgan fingerprint density at radius 1 is 1.00 bits per heavy atom. The van der Waals surface area contributed by atoms with Gasteiger partial charge in [0.05, 0.1) is 0 Å². The van der Waals surface area contributed by atoms with Crippen LogP contribution in [0.5, 0.6) is 0 Å². The molecule has 0 heterocycles. The van der Waals surface area contributed by atoms with E-state index in [1.165, 1.54) is 12.8 Å². The predicted octanol–water partition coefficient (Wildman–Crippen LogP) is 2.88. The molecule has 0 bridgehead atoms. The highest BCUT2D eigenvalue weighted by molar-refractivity contribution is 5.16. The number of aliphatic hydroxyl groups is 2. The Morgan fingerprint density at radius 3 is 2.31 bits per heavy atom. The van der Waals surface area contributed by atoms with Gasteiger partial charge in [-0.15, -0.1) is 0 Å². The van der Waals surface area contributed by atoms with E-state index in [1.807, 2.05) is 30.3 Å². The van der Waals surface area contributed by atoms with Gasteiger partial charge >= 0.3 is 0 Å². The van der Waals surface area contributed by atoms with E-state index in [0.717, 1.165) is 18.4 Å². The highest BCUT2D eigenvalue weighted by Gasteiger charge is 2.22. The first-order valence-corrected chi connectivity index (χ1v) is 6.13. The normalized spacial score (nSPS) is 11.7. The van der Waals surface area contributed by atoms with Gasteiger partial charge in [-0.25, -0.2) is 0 Å². The molecule has 0 aliphatic carbocycles. The molecule has 0 saturated carbocycles. The average molecular weight is 222 g/mol. The van der Waals surface area contributed by atoms with Crippen molar-refractivity contribution in [3.63, 3.8) is 0 Å². The smallest absolute Gasteiger partial charge is 0.166 e. The van der Waals surface area contributed by atoms with Gasteiger partial charge in [-0.1, -0.05) is 56.5 Å². The quantitative estimate of drug-likeness (QED) is 0.550. The minimum absolute atomic E-state index is 0.319. The van der Waals surface area contributed by atoms with Crippen molar-refractivity contribution < 1.29 is 10.2 Å². The zero-order valence-corrected chi connectivity index (χ0v) is 10.0. The van der Waals surface area contributed by atoms with E-state index in [1.54, 1.807) is 0 Å². The number of benzene rings is 1. The molecule has 0 saturated heterocycles. The molecular weight excluding hydrogens is 200 g/mol. The molecule has 2 N–H and O–H groups in total. The molecule has 0 atom stereocenters. The Morgan fingerprint density at radius 2 is 1.69 bits per heavy atom. The molecule has 0 fully saturated rings. The fraction of sp³-hybridized carbons (Fsp3) is 0.571. The van der Waals surface area contributed by atoms with Gasteiger partial charge in [0.25, 0.3) is 0 Å². The van der Waals surface area contributed by atoms with Crippen LogP contribution in [0.25, 0.3) is 0 Å². The van der Waals surface area contributed by atoms with E-state index in [4.69, 9.17) is 0 Å². The van der Waals surface area contributed by atoms with E-state index < -0.39 is 5.79 Å². The second-order valence-electron chi connectivity index (χ2n) is 4.46. The lowest BCUT2D eigenvalue weighted by molar-refractivity contribution is -0.165. The largest absolute Gasteiger partial charge is 0.365 e. The van der Waals surface area contributed by atoms with Crippen LogP contribution in [0.3, 0.4) is 0 Å². The lowest BCUT2D eigenvalue weighted by atomic mass is 9.99. The first kappa shape index (κ1) is 13.2. The summed E-state index contributed by atoms with van der Waals surface area (Å²) in [6.07, 6.45) is 5.08. The first-order valence-electron chi connectivity index (χ1n) is 6.13. The summed E-state index contributed by atoms with van der Waals surface area (Å²) >= 11 is 0. The highest BCUT2D eigenvalue weighted by atomic mass is 16.5. The van der Waals surface area contributed by atoms with Gasteiger partial charge in [-0.2, -0.15) is 0 Å². The molecule has 0 aliphatic rings. The zero-order valence-electron chi connectivity index (χ0n) is 10.0. The highest BCUT2D eigenvalue weighted by Crippen LogP contribution is 2.18. The molecule has 2 nitrogen and oxygen atoms in total. The molecule has 0 amide bonds. The summed E-state index contributed by atoms with van der Waals surface area (Å²) in [7, 11) is 0. The molecular formula is C14H22O2. The molecule has 90 valence electrons. The second kappa shape index (κ2) is 6.66. The van der Waals surface area contributed by atoms with Gasteiger partial charge in [0, 0.05) is 12.8 Å². The monoisotopic (exact) mass is 222 g/mol. The average Bonchev–Trinajstić information content (AvgIpc) is 2.25. The van der Waals surface area contributed by atoms with Crippen molar-refractivity contribution in [1.82, 2.24) is 0 Å². The van der Waals surface area contributed by atoms with Crippen LogP contribution in [-0.2, 0) is 6.42 Å². The number of hydrogen-bond donors (Lipinski definition) is 2. The minimum Gasteiger partial charge on any atom is -0.365 e. The van der Waals surface area contributed by atoms with Crippen molar-refractivity contribution in [2.75, 3.05) is 0 Å². The van der Waals surface area contributed by atoms with Gasteiger partial charge in [0.1, 0.15) is 0 Å². The maximum absolute atomic E-state index is 9.82. The maximum atomic E-state index is 9.82. The Bertz CT molecular complexity index is 280. The van der Waals surface area contributed by atoms with E-state index in [-0.39, 0.29) is 0 Å². The first-order chi connectivity index (χ1) is 7.64. The van der Waals surface area contributed by atoms with Crippen molar-refractivity contribution in [3.8, 4) is 0 Å². The van der Waals surface area contributed by atoms with Crippen LogP contribution in [0.2, 0.25) is 0 Å². The molecule has 1 aromatic carbocycles. The summed E-state index contributed by atoms with van der Waals surface area (Å²) in [5.41, 5.74) is 0.975. The minimum atomic E-state index is -1.55. The van der Waals surface area contributed by atoms with Crippen LogP contribution in [-0.4, -0.2) is 16.0 Å². The number of unbranched alkanes of at least 4 members (excludes halogenated alkanes) is 3. The molecule has 0 spiro atoms. The Hall–Kier alpha value is -0.860. The summed E-state index contributed by atoms with van der Waals surface area (Å²) in [5.74, 6) is -1.55. The zero-order chi connectivity index (χ0) is 11.9. The van der Waals surface area contributed by atoms with Gasteiger partial charge in [0.2, 0.25) is 0 Å². The predicted molar refractivity (Wildman–Crippen MR) is 66.1 cm³/mol. The van der Waals surface area contributed by atoms with Crippen LogP contribution in [0.15, 0.2) is 30.3 Å². The van der Waals surface area contributed by atoms with Crippen LogP contribution in [0, 0.1) is 0 Å². The summed E-state index contributed by atoms with van der Waals surface area (Å²) < 4.78 is 0. The van der Waals surface area contributed by atoms with Crippen LogP contribution < -0.4 is 0 Å². The third kappa shape index (κ3) is 5.29. The third-order valence-electron chi connectivity index (χ3n) is 2.76. The molecule has 0 aliphatic heterocycles. The fourth-order valence-corrected chi connectivity index (χ4v) is 1.85. The Balaban J connectivity index is 2.33. The molecule has 2 heteroatoms. The maximum Gasteiger partial charge on any atom is 0.166 e. The second-order valence-corrected chi connectivity index (χ2v) is 4.46. The van der Waals surface area contributed by atoms with Crippen molar-refractivity contribution in [2.24, 2.45) is 0 Å². The van der Waals surface area contributed by atoms with Crippen molar-refractivity contribution in [3.05, 3.63) is 35.9 Å². The summed E-state index contributed by atoms with van der Waals surface area (Å²) in [6.45, 7) is 2.15. The molecule has 1 aromatic rings. The number of hydrogen-bond acceptors (Lipinski definition) is 2. The van der Waals surface area contributed by atoms with Gasteiger partial charge in [0.15, 0.2) is 5.79 Å². The van der Waals surface area contributed by atoms with Gasteiger partial charge < -0.3 is 10.2 Å². The van der Waals surface area contributed by atoms with Gasteiger partial charge in [-0.3, -0.25) is 0 Å². The van der Waals surface area contributed by atoms with E-state index in [2.05, 4.69) is 6.92 Å². The molecule has 16 heavy (non-hydrogen) atoms. The SMILES string of the molecule is CCCCCCC(O)(O)Cc1ccccc1. The Kier molecular flexibility index (Phi) is 5.50. The molecule has 0 aromatic heterocycles. The van der Waals surface area contributed by atoms with Crippen LogP contribution in [0.4, 0.5) is 0 Å². The van der Waals surface area contributed by atoms with E-state index in [0.29, 0.717) is 12.8 Å². The van der Waals surface area contributed by atoms with Gasteiger partial charge in [-0.05, 0) is 12.0 Å².